The van der Waals surface area contributed by atoms with E-state index in [2.05, 4.69) is 20.7 Å². The quantitative estimate of drug-likeness (QED) is 0.774. The number of hydrogen-bond acceptors (Lipinski definition) is 2. The molecular formula is C14H9BrF2O2. The fourth-order valence-electron chi connectivity index (χ4n) is 1.68. The van der Waals surface area contributed by atoms with Gasteiger partial charge in [-0.2, -0.15) is 0 Å². The van der Waals surface area contributed by atoms with Crippen LogP contribution in [0.3, 0.4) is 0 Å². The van der Waals surface area contributed by atoms with Crippen molar-refractivity contribution in [3.05, 3.63) is 58.1 Å². The van der Waals surface area contributed by atoms with Gasteiger partial charge in [0.15, 0.2) is 0 Å². The van der Waals surface area contributed by atoms with Crippen LogP contribution in [0.2, 0.25) is 0 Å². The maximum Gasteiger partial charge on any atom is 0.337 e. The summed E-state index contributed by atoms with van der Waals surface area (Å²) in [6, 6.07) is 7.75. The average molecular weight is 327 g/mol. The summed E-state index contributed by atoms with van der Waals surface area (Å²) in [7, 11) is 1.27. The van der Waals surface area contributed by atoms with E-state index in [1.165, 1.54) is 25.3 Å². The van der Waals surface area contributed by atoms with Crippen molar-refractivity contribution >= 4 is 21.9 Å². The summed E-state index contributed by atoms with van der Waals surface area (Å²) >= 11 is 3.24. The fourth-order valence-corrected chi connectivity index (χ4v) is 2.27. The largest absolute Gasteiger partial charge is 0.465 e. The number of ether oxygens (including phenoxy) is 1. The summed E-state index contributed by atoms with van der Waals surface area (Å²) in [4.78, 5) is 11.4. The molecule has 5 heteroatoms. The van der Waals surface area contributed by atoms with E-state index < -0.39 is 17.6 Å². The fraction of sp³-hybridized carbons (Fsp3) is 0.0714. The number of methoxy groups -OCH3 is 1. The van der Waals surface area contributed by atoms with Gasteiger partial charge >= 0.3 is 5.97 Å². The molecule has 0 spiro atoms. The van der Waals surface area contributed by atoms with Crippen LogP contribution in [0.15, 0.2) is 40.9 Å². The maximum atomic E-state index is 13.7. The lowest BCUT2D eigenvalue weighted by molar-refractivity contribution is 0.0600. The molecule has 0 heterocycles. The lowest BCUT2D eigenvalue weighted by Crippen LogP contribution is -2.01. The Balaban J connectivity index is 2.52. The van der Waals surface area contributed by atoms with Gasteiger partial charge < -0.3 is 4.74 Å². The Kier molecular flexibility index (Phi) is 3.95. The molecule has 0 aliphatic carbocycles. The molecule has 0 saturated heterocycles. The molecule has 0 amide bonds. The summed E-state index contributed by atoms with van der Waals surface area (Å²) in [5.41, 5.74) is 0.919. The van der Waals surface area contributed by atoms with Gasteiger partial charge in [0.2, 0.25) is 0 Å². The number of rotatable bonds is 2. The van der Waals surface area contributed by atoms with Gasteiger partial charge in [-0.3, -0.25) is 0 Å². The molecule has 2 aromatic rings. The van der Waals surface area contributed by atoms with Crippen LogP contribution in [0.1, 0.15) is 10.4 Å². The van der Waals surface area contributed by atoms with Gasteiger partial charge in [-0.05, 0) is 35.9 Å². The Labute approximate surface area is 117 Å². The number of esters is 1. The van der Waals surface area contributed by atoms with Crippen molar-refractivity contribution < 1.29 is 18.3 Å². The molecule has 98 valence electrons. The third kappa shape index (κ3) is 2.81. The van der Waals surface area contributed by atoms with Crippen molar-refractivity contribution in [3.8, 4) is 11.1 Å². The van der Waals surface area contributed by atoms with Crippen LogP contribution in [0.25, 0.3) is 11.1 Å². The lowest BCUT2D eigenvalue weighted by atomic mass is 10.0. The van der Waals surface area contributed by atoms with Crippen LogP contribution in [-0.2, 0) is 4.74 Å². The van der Waals surface area contributed by atoms with Crippen molar-refractivity contribution in [2.45, 2.75) is 0 Å². The van der Waals surface area contributed by atoms with Crippen LogP contribution in [0.4, 0.5) is 8.78 Å². The molecule has 0 atom stereocenters. The molecule has 0 bridgehead atoms. The molecule has 2 rings (SSSR count). The molecule has 0 aromatic heterocycles. The Bertz CT molecular complexity index is 641. The predicted molar refractivity (Wildman–Crippen MR) is 70.8 cm³/mol. The highest BCUT2D eigenvalue weighted by molar-refractivity contribution is 9.10. The summed E-state index contributed by atoms with van der Waals surface area (Å²) < 4.78 is 31.9. The predicted octanol–water partition coefficient (Wildman–Crippen LogP) is 4.18. The number of carbonyl (C=O) groups is 1. The SMILES string of the molecule is COC(=O)c1ccc(-c2cc(F)ccc2F)c(Br)c1. The van der Waals surface area contributed by atoms with Crippen LogP contribution in [-0.4, -0.2) is 13.1 Å². The minimum absolute atomic E-state index is 0.128. The zero-order valence-electron chi connectivity index (χ0n) is 9.91. The molecule has 0 aliphatic rings. The zero-order chi connectivity index (χ0) is 14.0. The molecule has 2 nitrogen and oxygen atoms in total. The second-order valence-corrected chi connectivity index (χ2v) is 4.66. The standard InChI is InChI=1S/C14H9BrF2O2/c1-19-14(18)8-2-4-10(12(15)6-8)11-7-9(16)3-5-13(11)17/h2-7H,1H3. The zero-order valence-corrected chi connectivity index (χ0v) is 11.5. The summed E-state index contributed by atoms with van der Waals surface area (Å²) in [6.07, 6.45) is 0. The second-order valence-electron chi connectivity index (χ2n) is 3.81. The Hall–Kier alpha value is -1.75. The van der Waals surface area contributed by atoms with E-state index in [9.17, 15) is 13.6 Å². The smallest absolute Gasteiger partial charge is 0.337 e. The third-order valence-corrected chi connectivity index (χ3v) is 3.26. The Morgan fingerprint density at radius 3 is 2.47 bits per heavy atom. The van der Waals surface area contributed by atoms with E-state index in [0.29, 0.717) is 15.6 Å². The van der Waals surface area contributed by atoms with Gasteiger partial charge in [0.05, 0.1) is 12.7 Å². The minimum atomic E-state index is -0.534. The minimum Gasteiger partial charge on any atom is -0.465 e. The summed E-state index contributed by atoms with van der Waals surface area (Å²) in [6.45, 7) is 0. The number of hydrogen-bond donors (Lipinski definition) is 0. The molecule has 0 unspecified atom stereocenters. The molecule has 0 fully saturated rings. The van der Waals surface area contributed by atoms with E-state index in [0.717, 1.165) is 18.2 Å². The number of carbonyl (C=O) groups excluding carboxylic acids is 1. The van der Waals surface area contributed by atoms with Gasteiger partial charge in [0.1, 0.15) is 11.6 Å². The van der Waals surface area contributed by atoms with Gasteiger partial charge in [-0.25, -0.2) is 13.6 Å². The molecule has 2 aromatic carbocycles. The first kappa shape index (κ1) is 13.7. The second kappa shape index (κ2) is 5.48. The first-order valence-corrected chi connectivity index (χ1v) is 6.15. The van der Waals surface area contributed by atoms with E-state index in [-0.39, 0.29) is 5.56 Å². The van der Waals surface area contributed by atoms with Crippen LogP contribution in [0, 0.1) is 11.6 Å². The third-order valence-electron chi connectivity index (χ3n) is 2.61. The van der Waals surface area contributed by atoms with Gasteiger partial charge in [-0.15, -0.1) is 0 Å². The van der Waals surface area contributed by atoms with Crippen molar-refractivity contribution in [2.24, 2.45) is 0 Å². The average Bonchev–Trinajstić information content (AvgIpc) is 2.41. The highest BCUT2D eigenvalue weighted by Gasteiger charge is 2.13. The van der Waals surface area contributed by atoms with E-state index >= 15 is 0 Å². The Morgan fingerprint density at radius 1 is 1.11 bits per heavy atom. The molecule has 19 heavy (non-hydrogen) atoms. The van der Waals surface area contributed by atoms with Crippen LogP contribution >= 0.6 is 15.9 Å². The normalized spacial score (nSPS) is 10.3. The topological polar surface area (TPSA) is 26.3 Å². The highest BCUT2D eigenvalue weighted by Crippen LogP contribution is 2.31. The molecular weight excluding hydrogens is 318 g/mol. The van der Waals surface area contributed by atoms with E-state index in [1.807, 2.05) is 0 Å². The van der Waals surface area contributed by atoms with Crippen molar-refractivity contribution in [3.63, 3.8) is 0 Å². The maximum absolute atomic E-state index is 13.7. The number of benzene rings is 2. The van der Waals surface area contributed by atoms with Crippen LogP contribution in [0.5, 0.6) is 0 Å². The van der Waals surface area contributed by atoms with E-state index in [4.69, 9.17) is 0 Å². The Morgan fingerprint density at radius 2 is 1.84 bits per heavy atom. The first-order valence-electron chi connectivity index (χ1n) is 5.36. The molecule has 0 saturated carbocycles. The molecule has 0 radical (unpaired) electrons. The van der Waals surface area contributed by atoms with Gasteiger partial charge in [0.25, 0.3) is 0 Å². The van der Waals surface area contributed by atoms with E-state index in [1.54, 1.807) is 0 Å². The summed E-state index contributed by atoms with van der Waals surface area (Å²) in [5, 5.41) is 0. The van der Waals surface area contributed by atoms with Crippen LogP contribution < -0.4 is 0 Å². The van der Waals surface area contributed by atoms with Gasteiger partial charge in [0, 0.05) is 10.0 Å². The first-order chi connectivity index (χ1) is 9.02. The summed E-state index contributed by atoms with van der Waals surface area (Å²) in [5.74, 6) is -1.56. The monoisotopic (exact) mass is 326 g/mol. The molecule has 0 N–H and O–H groups in total. The van der Waals surface area contributed by atoms with Gasteiger partial charge in [-0.1, -0.05) is 22.0 Å². The molecule has 0 aliphatic heterocycles. The van der Waals surface area contributed by atoms with Crippen molar-refractivity contribution in [1.29, 1.82) is 0 Å². The van der Waals surface area contributed by atoms with Crippen molar-refractivity contribution in [2.75, 3.05) is 7.11 Å². The lowest BCUT2D eigenvalue weighted by Gasteiger charge is -2.08. The highest BCUT2D eigenvalue weighted by atomic mass is 79.9. The van der Waals surface area contributed by atoms with Crippen molar-refractivity contribution in [1.82, 2.24) is 0 Å². The number of halogens is 3.